The molecule has 1 aliphatic rings. The Kier molecular flexibility index (Phi) is 4.16. The summed E-state index contributed by atoms with van der Waals surface area (Å²) in [5.74, 6) is 1.06. The predicted molar refractivity (Wildman–Crippen MR) is 99.8 cm³/mol. The SMILES string of the molecule is C=CC(=O)N1CC(COc2cc(-c3ccc(C)cc3)nc3[nH]ncc23)C1. The summed E-state index contributed by atoms with van der Waals surface area (Å²) < 4.78 is 6.07. The van der Waals surface area contributed by atoms with E-state index in [1.807, 2.05) is 18.2 Å². The minimum Gasteiger partial charge on any atom is -0.492 e. The second-order valence-electron chi connectivity index (χ2n) is 6.63. The lowest BCUT2D eigenvalue weighted by Crippen LogP contribution is -2.51. The maximum absolute atomic E-state index is 11.5. The number of aromatic amines is 1. The first-order chi connectivity index (χ1) is 12.6. The number of likely N-dealkylation sites (tertiary alicyclic amines) is 1. The van der Waals surface area contributed by atoms with Crippen molar-refractivity contribution < 1.29 is 9.53 Å². The van der Waals surface area contributed by atoms with Gasteiger partial charge in [-0.25, -0.2) is 4.98 Å². The number of hydrogen-bond donors (Lipinski definition) is 1. The van der Waals surface area contributed by atoms with Crippen LogP contribution in [0.2, 0.25) is 0 Å². The number of aryl methyl sites for hydroxylation is 1. The predicted octanol–water partition coefficient (Wildman–Crippen LogP) is 2.96. The van der Waals surface area contributed by atoms with Gasteiger partial charge in [0.15, 0.2) is 5.65 Å². The van der Waals surface area contributed by atoms with E-state index in [-0.39, 0.29) is 5.91 Å². The summed E-state index contributed by atoms with van der Waals surface area (Å²) in [6.07, 6.45) is 3.08. The number of ether oxygens (including phenoxy) is 1. The molecule has 1 aromatic carbocycles. The van der Waals surface area contributed by atoms with Crippen molar-refractivity contribution in [2.45, 2.75) is 6.92 Å². The molecule has 132 valence electrons. The van der Waals surface area contributed by atoms with Crippen LogP contribution in [0.15, 0.2) is 49.2 Å². The van der Waals surface area contributed by atoms with Crippen LogP contribution >= 0.6 is 0 Å². The van der Waals surface area contributed by atoms with Gasteiger partial charge in [-0.3, -0.25) is 9.89 Å². The molecule has 6 heteroatoms. The lowest BCUT2D eigenvalue weighted by molar-refractivity contribution is -0.132. The van der Waals surface area contributed by atoms with Gasteiger partial charge in [0.25, 0.3) is 0 Å². The van der Waals surface area contributed by atoms with Crippen LogP contribution in [0.5, 0.6) is 5.75 Å². The lowest BCUT2D eigenvalue weighted by atomic mass is 10.0. The van der Waals surface area contributed by atoms with Crippen molar-refractivity contribution in [1.82, 2.24) is 20.1 Å². The summed E-state index contributed by atoms with van der Waals surface area (Å²) in [6, 6.07) is 10.2. The minimum atomic E-state index is -0.0240. The van der Waals surface area contributed by atoms with E-state index < -0.39 is 0 Å². The molecule has 1 saturated heterocycles. The monoisotopic (exact) mass is 348 g/mol. The molecule has 26 heavy (non-hydrogen) atoms. The summed E-state index contributed by atoms with van der Waals surface area (Å²) in [4.78, 5) is 17.9. The third-order valence-electron chi connectivity index (χ3n) is 4.65. The average molecular weight is 348 g/mol. The van der Waals surface area contributed by atoms with Crippen LogP contribution in [-0.2, 0) is 4.79 Å². The van der Waals surface area contributed by atoms with Crippen molar-refractivity contribution in [3.8, 4) is 17.0 Å². The average Bonchev–Trinajstić information content (AvgIpc) is 3.09. The molecular formula is C20H20N4O2. The van der Waals surface area contributed by atoms with Crippen molar-refractivity contribution in [2.24, 2.45) is 5.92 Å². The molecule has 2 aromatic heterocycles. The zero-order valence-corrected chi connectivity index (χ0v) is 14.6. The number of fused-ring (bicyclic) bond motifs is 1. The number of pyridine rings is 1. The summed E-state index contributed by atoms with van der Waals surface area (Å²) >= 11 is 0. The number of amides is 1. The highest BCUT2D eigenvalue weighted by Gasteiger charge is 2.29. The molecule has 0 spiro atoms. The van der Waals surface area contributed by atoms with Crippen LogP contribution in [0.25, 0.3) is 22.3 Å². The van der Waals surface area contributed by atoms with E-state index >= 15 is 0 Å². The number of carbonyl (C=O) groups excluding carboxylic acids is 1. The lowest BCUT2D eigenvalue weighted by Gasteiger charge is -2.38. The van der Waals surface area contributed by atoms with Crippen molar-refractivity contribution in [1.29, 1.82) is 0 Å². The number of nitrogens with zero attached hydrogens (tertiary/aromatic N) is 3. The molecule has 1 amide bonds. The Morgan fingerprint density at radius 3 is 2.88 bits per heavy atom. The summed E-state index contributed by atoms with van der Waals surface area (Å²) in [7, 11) is 0. The van der Waals surface area contributed by atoms with E-state index in [1.54, 1.807) is 11.1 Å². The second-order valence-corrected chi connectivity index (χ2v) is 6.63. The fraction of sp³-hybridized carbons (Fsp3) is 0.250. The van der Waals surface area contributed by atoms with Gasteiger partial charge < -0.3 is 9.64 Å². The number of nitrogens with one attached hydrogen (secondary N) is 1. The highest BCUT2D eigenvalue weighted by molar-refractivity contribution is 5.87. The first-order valence-corrected chi connectivity index (χ1v) is 8.59. The van der Waals surface area contributed by atoms with E-state index in [0.29, 0.717) is 31.3 Å². The molecular weight excluding hydrogens is 328 g/mol. The molecule has 6 nitrogen and oxygen atoms in total. The number of benzene rings is 1. The Bertz CT molecular complexity index is 956. The molecule has 0 atom stereocenters. The van der Waals surface area contributed by atoms with Gasteiger partial charge >= 0.3 is 0 Å². The van der Waals surface area contributed by atoms with Gasteiger partial charge in [-0.2, -0.15) is 5.10 Å². The molecule has 0 unspecified atom stereocenters. The van der Waals surface area contributed by atoms with E-state index in [0.717, 1.165) is 22.4 Å². The van der Waals surface area contributed by atoms with Gasteiger partial charge in [-0.05, 0) is 13.0 Å². The second kappa shape index (κ2) is 6.63. The molecule has 4 rings (SSSR count). The zero-order chi connectivity index (χ0) is 18.1. The van der Waals surface area contributed by atoms with Crippen LogP contribution in [0, 0.1) is 12.8 Å². The van der Waals surface area contributed by atoms with Crippen molar-refractivity contribution in [2.75, 3.05) is 19.7 Å². The van der Waals surface area contributed by atoms with Gasteiger partial charge in [-0.15, -0.1) is 0 Å². The third kappa shape index (κ3) is 3.06. The topological polar surface area (TPSA) is 71.1 Å². The molecule has 1 fully saturated rings. The summed E-state index contributed by atoms with van der Waals surface area (Å²) in [5, 5.41) is 7.87. The van der Waals surface area contributed by atoms with E-state index in [9.17, 15) is 4.79 Å². The molecule has 0 aliphatic carbocycles. The van der Waals surface area contributed by atoms with Gasteiger partial charge in [0.2, 0.25) is 5.91 Å². The Labute approximate surface area is 151 Å². The molecule has 0 bridgehead atoms. The highest BCUT2D eigenvalue weighted by Crippen LogP contribution is 2.30. The summed E-state index contributed by atoms with van der Waals surface area (Å²) in [6.45, 7) is 7.53. The van der Waals surface area contributed by atoms with E-state index in [2.05, 4.69) is 40.8 Å². The smallest absolute Gasteiger partial charge is 0.245 e. The Hall–Kier alpha value is -3.15. The number of aromatic nitrogens is 3. The maximum Gasteiger partial charge on any atom is 0.245 e. The van der Waals surface area contributed by atoms with Gasteiger partial charge in [0, 0.05) is 30.6 Å². The molecule has 3 aromatic rings. The zero-order valence-electron chi connectivity index (χ0n) is 14.6. The van der Waals surface area contributed by atoms with Crippen molar-refractivity contribution >= 4 is 16.9 Å². The first-order valence-electron chi connectivity index (χ1n) is 8.59. The first kappa shape index (κ1) is 16.3. The quantitative estimate of drug-likeness (QED) is 0.720. The van der Waals surface area contributed by atoms with Crippen molar-refractivity contribution in [3.63, 3.8) is 0 Å². The van der Waals surface area contributed by atoms with E-state index in [1.165, 1.54) is 11.6 Å². The minimum absolute atomic E-state index is 0.0240. The number of rotatable bonds is 5. The van der Waals surface area contributed by atoms with Crippen LogP contribution in [0.4, 0.5) is 0 Å². The number of carbonyl (C=O) groups is 1. The van der Waals surface area contributed by atoms with Gasteiger partial charge in [-0.1, -0.05) is 36.4 Å². The van der Waals surface area contributed by atoms with Crippen molar-refractivity contribution in [3.05, 3.63) is 54.7 Å². The molecule has 1 aliphatic heterocycles. The normalized spacial score (nSPS) is 14.3. The maximum atomic E-state index is 11.5. The Balaban J connectivity index is 1.53. The largest absolute Gasteiger partial charge is 0.492 e. The molecule has 1 N–H and O–H groups in total. The molecule has 0 saturated carbocycles. The Morgan fingerprint density at radius 2 is 2.15 bits per heavy atom. The highest BCUT2D eigenvalue weighted by atomic mass is 16.5. The van der Waals surface area contributed by atoms with Gasteiger partial charge in [0.05, 0.1) is 23.9 Å². The molecule has 3 heterocycles. The van der Waals surface area contributed by atoms with E-state index in [4.69, 9.17) is 4.74 Å². The fourth-order valence-corrected chi connectivity index (χ4v) is 3.08. The number of H-pyrrole nitrogens is 1. The number of hydrogen-bond acceptors (Lipinski definition) is 4. The molecule has 0 radical (unpaired) electrons. The van der Waals surface area contributed by atoms with Crippen LogP contribution in [0.1, 0.15) is 5.56 Å². The van der Waals surface area contributed by atoms with Crippen LogP contribution < -0.4 is 4.74 Å². The van der Waals surface area contributed by atoms with Crippen LogP contribution in [0.3, 0.4) is 0 Å². The standard InChI is InChI=1S/C20H20N4O2/c1-3-19(25)24-10-14(11-24)12-26-18-8-17(15-6-4-13(2)5-7-15)22-20-16(18)9-21-23-20/h3-9,14H,1,10-12H2,2H3,(H,21,22,23). The third-order valence-corrected chi connectivity index (χ3v) is 4.65. The van der Waals surface area contributed by atoms with Crippen LogP contribution in [-0.4, -0.2) is 45.7 Å². The van der Waals surface area contributed by atoms with Gasteiger partial charge in [0.1, 0.15) is 5.75 Å². The summed E-state index contributed by atoms with van der Waals surface area (Å²) in [5.41, 5.74) is 3.78. The Morgan fingerprint density at radius 1 is 1.38 bits per heavy atom. The fourth-order valence-electron chi connectivity index (χ4n) is 3.08.